The highest BCUT2D eigenvalue weighted by Crippen LogP contribution is 2.45. The Morgan fingerprint density at radius 1 is 1.08 bits per heavy atom. The van der Waals surface area contributed by atoms with Crippen molar-refractivity contribution in [2.45, 2.75) is 65.1 Å². The van der Waals surface area contributed by atoms with Gasteiger partial charge in [-0.1, -0.05) is 42.5 Å². The standard InChI is InChI=1S/C32H40N4O2/c1-32(2,3)35-31(38)36-16-15-26-25(22-11-8-12-24(17-22)33-4)14-13-23(29(26)20-36)19-34-30(37)28-18-27(28)21-9-6-5-7-10-21/h6,8-14,17,27-28,33H,5,7,15-16,18-20H2,1-4H3,(H,34,37)(H,35,38). The van der Waals surface area contributed by atoms with Crippen LogP contribution in [0.3, 0.4) is 0 Å². The highest BCUT2D eigenvalue weighted by atomic mass is 16.2. The summed E-state index contributed by atoms with van der Waals surface area (Å²) in [4.78, 5) is 28.0. The van der Waals surface area contributed by atoms with Crippen LogP contribution in [0, 0.1) is 11.8 Å². The van der Waals surface area contributed by atoms with Crippen molar-refractivity contribution >= 4 is 17.6 Å². The molecular formula is C32H40N4O2. The molecule has 1 aliphatic heterocycles. The number of carbonyl (C=O) groups excluding carboxylic acids is 2. The molecule has 5 rings (SSSR count). The van der Waals surface area contributed by atoms with E-state index >= 15 is 0 Å². The second-order valence-corrected chi connectivity index (χ2v) is 11.8. The Hall–Kier alpha value is -3.54. The molecule has 2 aliphatic carbocycles. The van der Waals surface area contributed by atoms with Crippen molar-refractivity contribution < 1.29 is 9.59 Å². The first-order valence-electron chi connectivity index (χ1n) is 13.9. The molecule has 1 fully saturated rings. The first kappa shape index (κ1) is 26.1. The number of nitrogens with one attached hydrogen (secondary N) is 3. The third-order valence-electron chi connectivity index (χ3n) is 7.77. The lowest BCUT2D eigenvalue weighted by molar-refractivity contribution is -0.122. The van der Waals surface area contributed by atoms with Crippen LogP contribution in [0.15, 0.2) is 60.2 Å². The van der Waals surface area contributed by atoms with Gasteiger partial charge in [-0.25, -0.2) is 4.79 Å². The monoisotopic (exact) mass is 512 g/mol. The molecule has 3 N–H and O–H groups in total. The van der Waals surface area contributed by atoms with Crippen molar-refractivity contribution in [3.05, 3.63) is 76.9 Å². The van der Waals surface area contributed by atoms with Gasteiger partial charge in [-0.3, -0.25) is 4.79 Å². The van der Waals surface area contributed by atoms with Gasteiger partial charge in [0, 0.05) is 43.8 Å². The molecule has 0 bridgehead atoms. The number of nitrogens with zero attached hydrogens (tertiary/aromatic N) is 1. The third kappa shape index (κ3) is 5.79. The zero-order valence-electron chi connectivity index (χ0n) is 23.1. The zero-order valence-corrected chi connectivity index (χ0v) is 23.1. The molecule has 1 heterocycles. The van der Waals surface area contributed by atoms with Gasteiger partial charge in [-0.15, -0.1) is 0 Å². The van der Waals surface area contributed by atoms with E-state index < -0.39 is 0 Å². The van der Waals surface area contributed by atoms with Crippen LogP contribution in [0.2, 0.25) is 0 Å². The van der Waals surface area contributed by atoms with E-state index in [1.165, 1.54) is 16.7 Å². The molecule has 200 valence electrons. The van der Waals surface area contributed by atoms with Gasteiger partial charge >= 0.3 is 6.03 Å². The number of hydrogen-bond acceptors (Lipinski definition) is 3. The molecule has 6 nitrogen and oxygen atoms in total. The normalized spacial score (nSPS) is 20.3. The number of urea groups is 1. The van der Waals surface area contributed by atoms with E-state index in [2.05, 4.69) is 70.6 Å². The Bertz CT molecular complexity index is 1290. The summed E-state index contributed by atoms with van der Waals surface area (Å²) in [7, 11) is 1.93. The summed E-state index contributed by atoms with van der Waals surface area (Å²) >= 11 is 0. The van der Waals surface area contributed by atoms with Crippen LogP contribution in [0.5, 0.6) is 0 Å². The maximum Gasteiger partial charge on any atom is 0.318 e. The van der Waals surface area contributed by atoms with Crippen LogP contribution in [-0.4, -0.2) is 36.0 Å². The van der Waals surface area contributed by atoms with Gasteiger partial charge in [0.25, 0.3) is 0 Å². The minimum Gasteiger partial charge on any atom is -0.388 e. The molecule has 2 aromatic carbocycles. The average Bonchev–Trinajstić information content (AvgIpc) is 3.72. The number of allylic oxidation sites excluding steroid dienone is 4. The number of rotatable bonds is 6. The molecule has 2 atom stereocenters. The Balaban J connectivity index is 1.38. The Morgan fingerprint density at radius 2 is 1.92 bits per heavy atom. The van der Waals surface area contributed by atoms with E-state index in [-0.39, 0.29) is 23.4 Å². The predicted molar refractivity (Wildman–Crippen MR) is 154 cm³/mol. The van der Waals surface area contributed by atoms with E-state index in [0.717, 1.165) is 48.1 Å². The van der Waals surface area contributed by atoms with Crippen molar-refractivity contribution in [1.29, 1.82) is 0 Å². The number of carbonyl (C=O) groups is 2. The average molecular weight is 513 g/mol. The highest BCUT2D eigenvalue weighted by molar-refractivity contribution is 5.83. The summed E-state index contributed by atoms with van der Waals surface area (Å²) in [6.45, 7) is 7.68. The van der Waals surface area contributed by atoms with Gasteiger partial charge in [0.05, 0.1) is 0 Å². The quantitative estimate of drug-likeness (QED) is 0.459. The maximum atomic E-state index is 13.0. The largest absolute Gasteiger partial charge is 0.388 e. The molecule has 38 heavy (non-hydrogen) atoms. The van der Waals surface area contributed by atoms with Gasteiger partial charge in [-0.2, -0.15) is 0 Å². The number of benzene rings is 2. The molecule has 1 saturated carbocycles. The Kier molecular flexibility index (Phi) is 7.33. The molecular weight excluding hydrogens is 472 g/mol. The lowest BCUT2D eigenvalue weighted by Gasteiger charge is -2.34. The second-order valence-electron chi connectivity index (χ2n) is 11.8. The van der Waals surface area contributed by atoms with Crippen molar-refractivity contribution in [3.63, 3.8) is 0 Å². The van der Waals surface area contributed by atoms with Gasteiger partial charge in [0.15, 0.2) is 0 Å². The minimum absolute atomic E-state index is 0.0460. The molecule has 3 amide bonds. The summed E-state index contributed by atoms with van der Waals surface area (Å²) in [6, 6.07) is 12.7. The van der Waals surface area contributed by atoms with Gasteiger partial charge in [0.1, 0.15) is 0 Å². The van der Waals surface area contributed by atoms with E-state index in [1.54, 1.807) is 0 Å². The fraction of sp³-hybridized carbons (Fsp3) is 0.438. The number of anilines is 1. The van der Waals surface area contributed by atoms with Crippen LogP contribution in [-0.2, 0) is 24.3 Å². The summed E-state index contributed by atoms with van der Waals surface area (Å²) in [5.74, 6) is 0.559. The van der Waals surface area contributed by atoms with Gasteiger partial charge in [-0.05, 0) is 97.9 Å². The topological polar surface area (TPSA) is 73.5 Å². The van der Waals surface area contributed by atoms with Crippen molar-refractivity contribution in [3.8, 4) is 11.1 Å². The highest BCUT2D eigenvalue weighted by Gasteiger charge is 2.44. The van der Waals surface area contributed by atoms with Crippen molar-refractivity contribution in [2.24, 2.45) is 11.8 Å². The lowest BCUT2D eigenvalue weighted by atomic mass is 9.87. The zero-order chi connectivity index (χ0) is 26.9. The fourth-order valence-corrected chi connectivity index (χ4v) is 5.67. The van der Waals surface area contributed by atoms with Crippen LogP contribution >= 0.6 is 0 Å². The molecule has 3 aliphatic rings. The molecule has 2 unspecified atom stereocenters. The van der Waals surface area contributed by atoms with E-state index in [4.69, 9.17) is 0 Å². The summed E-state index contributed by atoms with van der Waals surface area (Å²) in [5.41, 5.74) is 7.95. The van der Waals surface area contributed by atoms with Crippen LogP contribution in [0.25, 0.3) is 11.1 Å². The maximum absolute atomic E-state index is 13.0. The van der Waals surface area contributed by atoms with Crippen molar-refractivity contribution in [1.82, 2.24) is 15.5 Å². The molecule has 2 aromatic rings. The SMILES string of the molecule is CNc1cccc(-c2ccc(CNC(=O)C3CC3C3=CCCC=C3)c3c2CCN(C(=O)NC(C)(C)C)C3)c1. The van der Waals surface area contributed by atoms with E-state index in [9.17, 15) is 9.59 Å². The van der Waals surface area contributed by atoms with Gasteiger partial charge in [0.2, 0.25) is 5.91 Å². The van der Waals surface area contributed by atoms with E-state index in [1.807, 2.05) is 32.7 Å². The molecule has 0 saturated heterocycles. The molecule has 0 aromatic heterocycles. The van der Waals surface area contributed by atoms with Gasteiger partial charge < -0.3 is 20.9 Å². The first-order chi connectivity index (χ1) is 18.2. The molecule has 0 spiro atoms. The molecule has 6 heteroatoms. The number of hydrogen-bond donors (Lipinski definition) is 3. The van der Waals surface area contributed by atoms with Crippen LogP contribution in [0.4, 0.5) is 10.5 Å². The minimum atomic E-state index is -0.298. The number of amides is 3. The lowest BCUT2D eigenvalue weighted by Crippen LogP contribution is -2.50. The van der Waals surface area contributed by atoms with E-state index in [0.29, 0.717) is 25.6 Å². The van der Waals surface area contributed by atoms with Crippen LogP contribution < -0.4 is 16.0 Å². The predicted octanol–water partition coefficient (Wildman–Crippen LogP) is 5.79. The fourth-order valence-electron chi connectivity index (χ4n) is 5.67. The van der Waals surface area contributed by atoms with Crippen molar-refractivity contribution in [2.75, 3.05) is 18.9 Å². The second kappa shape index (κ2) is 10.7. The summed E-state index contributed by atoms with van der Waals surface area (Å²) in [6.07, 6.45) is 10.6. The third-order valence-corrected chi connectivity index (χ3v) is 7.77. The van der Waals surface area contributed by atoms with Crippen LogP contribution in [0.1, 0.15) is 56.7 Å². The molecule has 0 radical (unpaired) electrons. The Morgan fingerprint density at radius 3 is 2.66 bits per heavy atom. The smallest absolute Gasteiger partial charge is 0.318 e. The number of fused-ring (bicyclic) bond motifs is 1. The summed E-state index contributed by atoms with van der Waals surface area (Å²) < 4.78 is 0. The summed E-state index contributed by atoms with van der Waals surface area (Å²) in [5, 5.41) is 9.56. The first-order valence-corrected chi connectivity index (χ1v) is 13.9. The Labute approximate surface area is 226 Å².